The molecule has 15 heteroatoms. The summed E-state index contributed by atoms with van der Waals surface area (Å²) in [6, 6.07) is 10.1. The first-order valence-corrected chi connectivity index (χ1v) is 12.3. The van der Waals surface area contributed by atoms with Crippen LogP contribution in [0.4, 0.5) is 26.3 Å². The molecule has 0 unspecified atom stereocenters. The summed E-state index contributed by atoms with van der Waals surface area (Å²) in [5.74, 6) is -2.25. The van der Waals surface area contributed by atoms with Crippen molar-refractivity contribution in [2.75, 3.05) is 13.2 Å². The quantitative estimate of drug-likeness (QED) is 0.192. The normalized spacial score (nSPS) is 11.4. The van der Waals surface area contributed by atoms with Gasteiger partial charge in [-0.2, -0.15) is 26.3 Å². The largest absolute Gasteiger partial charge is 0.481 e. The zero-order valence-corrected chi connectivity index (χ0v) is 21.8. The first-order chi connectivity index (χ1) is 19.2. The summed E-state index contributed by atoms with van der Waals surface area (Å²) < 4.78 is 91.8. The van der Waals surface area contributed by atoms with Crippen molar-refractivity contribution in [3.63, 3.8) is 0 Å². The molecule has 7 nitrogen and oxygen atoms in total. The Hall–Kier alpha value is -4.17. The molecule has 0 saturated heterocycles. The van der Waals surface area contributed by atoms with Crippen molar-refractivity contribution in [1.29, 1.82) is 0 Å². The van der Waals surface area contributed by atoms with Gasteiger partial charge in [-0.15, -0.1) is 11.3 Å². The molecule has 2 aromatic carbocycles. The van der Waals surface area contributed by atoms with Crippen LogP contribution in [0.15, 0.2) is 70.7 Å². The minimum atomic E-state index is -4.51. The molecule has 4 rings (SSSR count). The number of rotatable bonds is 8. The lowest BCUT2D eigenvalue weighted by Gasteiger charge is -2.13. The zero-order valence-electron chi connectivity index (χ0n) is 20.3. The van der Waals surface area contributed by atoms with Crippen LogP contribution in [0, 0.1) is 0 Å². The maximum absolute atomic E-state index is 12.8. The Kier molecular flexibility index (Phi) is 9.94. The Bertz CT molecular complexity index is 1500. The van der Waals surface area contributed by atoms with Gasteiger partial charge < -0.3 is 24.1 Å². The van der Waals surface area contributed by atoms with Gasteiger partial charge in [0.05, 0.1) is 23.0 Å². The smallest absolute Gasteiger partial charge is 0.416 e. The zero-order chi connectivity index (χ0) is 30.4. The van der Waals surface area contributed by atoms with Crippen LogP contribution in [-0.2, 0) is 21.9 Å². The Morgan fingerprint density at radius 2 is 1.29 bits per heavy atom. The first-order valence-electron chi connectivity index (χ1n) is 11.1. The van der Waals surface area contributed by atoms with Gasteiger partial charge >= 0.3 is 24.3 Å². The van der Waals surface area contributed by atoms with Crippen LogP contribution >= 0.6 is 22.9 Å². The van der Waals surface area contributed by atoms with Gasteiger partial charge in [-0.05, 0) is 60.0 Å². The topological polar surface area (TPSA) is 106 Å². The number of hydrogen-bond acceptors (Lipinski definition) is 6. The number of hydrogen-bond donors (Lipinski definition) is 2. The highest BCUT2D eigenvalue weighted by Crippen LogP contribution is 2.41. The summed E-state index contributed by atoms with van der Waals surface area (Å²) >= 11 is 7.10. The van der Waals surface area contributed by atoms with Crippen LogP contribution in [0.2, 0.25) is 4.34 Å². The molecule has 0 spiro atoms. The Morgan fingerprint density at radius 3 is 1.71 bits per heavy atom. The average Bonchev–Trinajstić information content (AvgIpc) is 3.57. The van der Waals surface area contributed by atoms with E-state index in [4.69, 9.17) is 35.7 Å². The van der Waals surface area contributed by atoms with Gasteiger partial charge in [-0.25, -0.2) is 9.59 Å². The van der Waals surface area contributed by atoms with Gasteiger partial charge in [0.15, 0.2) is 13.2 Å². The van der Waals surface area contributed by atoms with Crippen LogP contribution in [0.1, 0.15) is 11.1 Å². The Labute approximate surface area is 236 Å². The number of furan rings is 1. The number of carboxylic acid groups (broad SMARTS) is 2. The molecular weight excluding hydrogens is 606 g/mol. The number of halogens is 7. The van der Waals surface area contributed by atoms with E-state index in [1.165, 1.54) is 18.4 Å². The summed E-state index contributed by atoms with van der Waals surface area (Å²) in [6.07, 6.45) is -7.72. The average molecular weight is 623 g/mol. The van der Waals surface area contributed by atoms with Crippen LogP contribution in [0.3, 0.4) is 0 Å². The minimum Gasteiger partial charge on any atom is -0.481 e. The molecule has 0 atom stereocenters. The van der Waals surface area contributed by atoms with Crippen molar-refractivity contribution < 1.29 is 60.0 Å². The maximum Gasteiger partial charge on any atom is 0.416 e. The third-order valence-electron chi connectivity index (χ3n) is 5.01. The van der Waals surface area contributed by atoms with Crippen molar-refractivity contribution in [2.24, 2.45) is 0 Å². The molecule has 0 radical (unpaired) electrons. The second-order valence-corrected chi connectivity index (χ2v) is 9.39. The molecule has 2 heterocycles. The molecule has 2 aromatic heterocycles. The summed E-state index contributed by atoms with van der Waals surface area (Å²) in [6.45, 7) is -1.31. The van der Waals surface area contributed by atoms with E-state index in [0.717, 1.165) is 47.7 Å². The van der Waals surface area contributed by atoms with Crippen molar-refractivity contribution in [2.45, 2.75) is 12.4 Å². The number of ether oxygens (including phenoxy) is 2. The third kappa shape index (κ3) is 8.66. The third-order valence-corrected chi connectivity index (χ3v) is 6.18. The van der Waals surface area contributed by atoms with Crippen LogP contribution in [0.25, 0.3) is 22.5 Å². The molecule has 218 valence electrons. The monoisotopic (exact) mass is 622 g/mol. The second kappa shape index (κ2) is 13.0. The van der Waals surface area contributed by atoms with Gasteiger partial charge in [0.25, 0.3) is 0 Å². The Morgan fingerprint density at radius 1 is 0.780 bits per heavy atom. The van der Waals surface area contributed by atoms with Gasteiger partial charge in [-0.3, -0.25) is 0 Å². The number of carboxylic acids is 2. The molecule has 0 aliphatic carbocycles. The van der Waals surface area contributed by atoms with E-state index in [1.54, 1.807) is 11.4 Å². The molecule has 0 bridgehead atoms. The molecule has 0 amide bonds. The predicted molar refractivity (Wildman–Crippen MR) is 135 cm³/mol. The molecule has 41 heavy (non-hydrogen) atoms. The highest BCUT2D eigenvalue weighted by molar-refractivity contribution is 7.15. The second-order valence-electron chi connectivity index (χ2n) is 7.87. The first kappa shape index (κ1) is 31.4. The summed E-state index contributed by atoms with van der Waals surface area (Å²) in [4.78, 5) is 21.0. The number of alkyl halides is 6. The Balaban J connectivity index is 0.000000226. The van der Waals surface area contributed by atoms with Gasteiger partial charge in [0.1, 0.15) is 21.6 Å². The van der Waals surface area contributed by atoms with Crippen molar-refractivity contribution in [3.8, 4) is 33.9 Å². The predicted octanol–water partition coefficient (Wildman–Crippen LogP) is 7.98. The highest BCUT2D eigenvalue weighted by Gasteiger charge is 2.32. The lowest BCUT2D eigenvalue weighted by atomic mass is 10.0. The van der Waals surface area contributed by atoms with Crippen LogP contribution < -0.4 is 9.47 Å². The highest BCUT2D eigenvalue weighted by atomic mass is 35.5. The maximum atomic E-state index is 12.8. The molecule has 4 aromatic rings. The van der Waals surface area contributed by atoms with E-state index in [1.807, 2.05) is 0 Å². The fraction of sp³-hybridized carbons (Fsp3) is 0.154. The lowest BCUT2D eigenvalue weighted by Crippen LogP contribution is -2.11. The van der Waals surface area contributed by atoms with E-state index in [2.05, 4.69) is 0 Å². The van der Waals surface area contributed by atoms with Gasteiger partial charge in [0.2, 0.25) is 0 Å². The fourth-order valence-electron chi connectivity index (χ4n) is 3.26. The van der Waals surface area contributed by atoms with Crippen molar-refractivity contribution in [1.82, 2.24) is 0 Å². The van der Waals surface area contributed by atoms with E-state index in [-0.39, 0.29) is 28.4 Å². The van der Waals surface area contributed by atoms with Crippen molar-refractivity contribution in [3.05, 3.63) is 81.7 Å². The summed E-state index contributed by atoms with van der Waals surface area (Å²) in [7, 11) is 0. The van der Waals surface area contributed by atoms with Gasteiger partial charge in [0, 0.05) is 11.1 Å². The molecule has 0 aliphatic rings. The molecule has 0 saturated carbocycles. The molecule has 0 aliphatic heterocycles. The van der Waals surface area contributed by atoms with Gasteiger partial charge in [-0.1, -0.05) is 11.6 Å². The van der Waals surface area contributed by atoms with E-state index >= 15 is 0 Å². The fourth-order valence-corrected chi connectivity index (χ4v) is 4.21. The minimum absolute atomic E-state index is 0.00958. The van der Waals surface area contributed by atoms with E-state index in [0.29, 0.717) is 9.90 Å². The van der Waals surface area contributed by atoms with Crippen LogP contribution in [0.5, 0.6) is 11.5 Å². The van der Waals surface area contributed by atoms with Crippen molar-refractivity contribution >= 4 is 34.9 Å². The number of benzene rings is 2. The number of aliphatic carboxylic acids is 2. The van der Waals surface area contributed by atoms with E-state index < -0.39 is 48.6 Å². The number of thiophene rings is 1. The standard InChI is InChI=1S/C13H8ClF3O3S.C13H9F3O4/c14-12-8(3-4-21-12)9-5-7(13(15,16)17)1-2-10(9)20-6-11(18)19;14-13(15,16)8-3-4-11(20-7-12(17)18)9(6-8)10-2-1-5-19-10/h1-5H,6H2,(H,18,19);1-6H,7H2,(H,17,18). The molecule has 0 fully saturated rings. The summed E-state index contributed by atoms with van der Waals surface area (Å²) in [5.41, 5.74) is -1.20. The molecule has 2 N–H and O–H groups in total. The van der Waals surface area contributed by atoms with E-state index in [9.17, 15) is 35.9 Å². The van der Waals surface area contributed by atoms with Crippen LogP contribution in [-0.4, -0.2) is 35.4 Å². The summed E-state index contributed by atoms with van der Waals surface area (Å²) in [5, 5.41) is 18.8. The number of carbonyl (C=O) groups is 2. The SMILES string of the molecule is O=C(O)COc1ccc(C(F)(F)F)cc1-c1ccco1.O=C(O)COc1ccc(C(F)(F)F)cc1-c1ccsc1Cl. The lowest BCUT2D eigenvalue weighted by molar-refractivity contribution is -0.140. The molecular formula is C26H17ClF6O7S.